The van der Waals surface area contributed by atoms with Crippen molar-refractivity contribution in [2.24, 2.45) is 0 Å². The molecule has 0 aliphatic carbocycles. The molecule has 1 amide bonds. The van der Waals surface area contributed by atoms with Crippen LogP contribution in [-0.2, 0) is 13.9 Å². The maximum atomic E-state index is 12.6. The lowest BCUT2D eigenvalue weighted by Gasteiger charge is -2.24. The number of aliphatic hydroxyl groups excluding tert-OH is 1. The van der Waals surface area contributed by atoms with Gasteiger partial charge in [-0.1, -0.05) is 232 Å². The van der Waals surface area contributed by atoms with Gasteiger partial charge in [0.05, 0.1) is 18.8 Å². The van der Waals surface area contributed by atoms with Crippen molar-refractivity contribution in [2.45, 2.75) is 264 Å². The predicted octanol–water partition coefficient (Wildman–Crippen LogP) is 13.4. The Bertz CT molecular complexity index is 763. The van der Waals surface area contributed by atoms with E-state index in [4.69, 9.17) is 0 Å². The van der Waals surface area contributed by atoms with Gasteiger partial charge in [0.25, 0.3) is 0 Å². The number of rotatable bonds is 42. The first-order chi connectivity index (χ1) is 24.8. The van der Waals surface area contributed by atoms with E-state index in [1.54, 1.807) is 0 Å². The molecule has 0 rings (SSSR count). The summed E-state index contributed by atoms with van der Waals surface area (Å²) in [5.74, 6) is -0.188. The van der Waals surface area contributed by atoms with Crippen LogP contribution in [0, 0.1) is 0 Å². The van der Waals surface area contributed by atoms with E-state index in [1.165, 1.54) is 186 Å². The van der Waals surface area contributed by atoms with Crippen LogP contribution in [0.1, 0.15) is 251 Å². The molecule has 0 aliphatic heterocycles. The Labute approximate surface area is 317 Å². The highest BCUT2D eigenvalue weighted by molar-refractivity contribution is 7.46. The van der Waals surface area contributed by atoms with Crippen LogP contribution in [0.4, 0.5) is 0 Å². The van der Waals surface area contributed by atoms with Gasteiger partial charge in [-0.15, -0.1) is 0 Å². The molecule has 0 unspecified atom stereocenters. The van der Waals surface area contributed by atoms with Crippen LogP contribution in [0.3, 0.4) is 0 Å². The average molecular weight is 746 g/mol. The third-order valence-electron chi connectivity index (χ3n) is 10.6. The summed E-state index contributed by atoms with van der Waals surface area (Å²) >= 11 is 0. The molecular weight excluding hydrogens is 657 g/mol. The molecule has 0 heterocycles. The molecule has 0 spiro atoms. The summed E-state index contributed by atoms with van der Waals surface area (Å²) in [6.45, 7) is 4.15. The summed E-state index contributed by atoms with van der Waals surface area (Å²) in [4.78, 5) is 31.0. The molecule has 0 aromatic heterocycles. The number of phosphoric acid groups is 1. The van der Waals surface area contributed by atoms with E-state index >= 15 is 0 Å². The molecule has 4 N–H and O–H groups in total. The minimum atomic E-state index is -4.69. The standard InChI is InChI=1S/C43H88NO6P/c1-3-5-7-9-11-13-15-17-19-21-23-25-27-29-31-33-35-37-39-43(46)44-41(40-50-51(47,48)49)42(45)38-36-34-32-30-28-26-24-22-20-18-16-14-12-10-8-6-4-2/h41-42,45H,3-40H2,1-2H3,(H,44,46)(H2,47,48,49)/t41-,42+/m0/s1. The number of unbranched alkanes of at least 4 members (excludes halogenated alkanes) is 33. The Morgan fingerprint density at radius 3 is 1.06 bits per heavy atom. The maximum Gasteiger partial charge on any atom is 0.469 e. The molecule has 0 bridgehead atoms. The van der Waals surface area contributed by atoms with E-state index in [1.807, 2.05) is 0 Å². The van der Waals surface area contributed by atoms with Crippen LogP contribution in [0.25, 0.3) is 0 Å². The zero-order valence-electron chi connectivity index (χ0n) is 34.0. The molecule has 0 saturated carbocycles. The van der Waals surface area contributed by atoms with Gasteiger partial charge in [0, 0.05) is 6.42 Å². The third-order valence-corrected chi connectivity index (χ3v) is 11.1. The zero-order chi connectivity index (χ0) is 37.5. The lowest BCUT2D eigenvalue weighted by molar-refractivity contribution is -0.123. The van der Waals surface area contributed by atoms with Crippen LogP contribution in [0.5, 0.6) is 0 Å². The fourth-order valence-electron chi connectivity index (χ4n) is 7.17. The van der Waals surface area contributed by atoms with E-state index in [9.17, 15) is 24.3 Å². The minimum Gasteiger partial charge on any atom is -0.391 e. The normalized spacial score (nSPS) is 13.1. The lowest BCUT2D eigenvalue weighted by atomic mass is 10.0. The second-order valence-corrected chi connectivity index (χ2v) is 17.0. The van der Waals surface area contributed by atoms with E-state index in [0.717, 1.165) is 38.5 Å². The predicted molar refractivity (Wildman–Crippen MR) is 218 cm³/mol. The van der Waals surface area contributed by atoms with Crippen LogP contribution in [0.2, 0.25) is 0 Å². The fourth-order valence-corrected chi connectivity index (χ4v) is 7.53. The minimum absolute atomic E-state index is 0.188. The summed E-state index contributed by atoms with van der Waals surface area (Å²) in [6, 6.07) is -0.818. The van der Waals surface area contributed by atoms with Crippen LogP contribution >= 0.6 is 7.82 Å². The van der Waals surface area contributed by atoms with Gasteiger partial charge in [0.15, 0.2) is 0 Å². The van der Waals surface area contributed by atoms with Gasteiger partial charge >= 0.3 is 7.82 Å². The highest BCUT2D eigenvalue weighted by Gasteiger charge is 2.25. The van der Waals surface area contributed by atoms with Crippen molar-refractivity contribution in [1.29, 1.82) is 0 Å². The van der Waals surface area contributed by atoms with E-state index in [-0.39, 0.29) is 5.91 Å². The lowest BCUT2D eigenvalue weighted by Crippen LogP contribution is -2.46. The Kier molecular flexibility index (Phi) is 38.9. The number of phosphoric ester groups is 1. The van der Waals surface area contributed by atoms with Crippen LogP contribution in [-0.4, -0.2) is 39.6 Å². The van der Waals surface area contributed by atoms with Gasteiger partial charge in [0.2, 0.25) is 5.91 Å². The number of hydrogen-bond acceptors (Lipinski definition) is 4. The highest BCUT2D eigenvalue weighted by atomic mass is 31.2. The monoisotopic (exact) mass is 746 g/mol. The van der Waals surface area contributed by atoms with Crippen molar-refractivity contribution in [1.82, 2.24) is 5.32 Å². The van der Waals surface area contributed by atoms with E-state index in [2.05, 4.69) is 23.7 Å². The number of carbonyl (C=O) groups is 1. The summed E-state index contributed by atoms with van der Waals surface area (Å²) < 4.78 is 16.0. The number of carbonyl (C=O) groups excluding carboxylic acids is 1. The molecule has 306 valence electrons. The van der Waals surface area contributed by atoms with Gasteiger partial charge in [-0.05, 0) is 12.8 Å². The molecule has 2 atom stereocenters. The molecule has 0 aromatic rings. The van der Waals surface area contributed by atoms with Gasteiger partial charge in [-0.2, -0.15) is 0 Å². The van der Waals surface area contributed by atoms with E-state index in [0.29, 0.717) is 12.8 Å². The summed E-state index contributed by atoms with van der Waals surface area (Å²) in [5.41, 5.74) is 0. The first kappa shape index (κ1) is 50.5. The molecule has 0 aromatic carbocycles. The number of aliphatic hydroxyl groups is 1. The van der Waals surface area contributed by atoms with Crippen LogP contribution < -0.4 is 5.32 Å². The molecule has 51 heavy (non-hydrogen) atoms. The quantitative estimate of drug-likeness (QED) is 0.0365. The third kappa shape index (κ3) is 40.6. The van der Waals surface area contributed by atoms with E-state index < -0.39 is 26.6 Å². The molecule has 0 radical (unpaired) electrons. The Morgan fingerprint density at radius 1 is 0.490 bits per heavy atom. The average Bonchev–Trinajstić information content (AvgIpc) is 3.10. The van der Waals surface area contributed by atoms with Crippen molar-refractivity contribution in [3.63, 3.8) is 0 Å². The van der Waals surface area contributed by atoms with Crippen molar-refractivity contribution in [2.75, 3.05) is 6.61 Å². The summed E-state index contributed by atoms with van der Waals surface area (Å²) in [7, 11) is -4.69. The SMILES string of the molecule is CCCCCCCCCCCCCCCCCCCCC(=O)N[C@@H](COP(=O)(O)O)[C@H](O)CCCCCCCCCCCCCCCCCCC. The van der Waals surface area contributed by atoms with Gasteiger partial charge < -0.3 is 20.2 Å². The smallest absolute Gasteiger partial charge is 0.391 e. The fraction of sp³-hybridized carbons (Fsp3) is 0.977. The van der Waals surface area contributed by atoms with Crippen LogP contribution in [0.15, 0.2) is 0 Å². The topological polar surface area (TPSA) is 116 Å². The Balaban J connectivity index is 3.84. The maximum absolute atomic E-state index is 12.6. The molecule has 0 saturated heterocycles. The first-order valence-electron chi connectivity index (χ1n) is 22.5. The first-order valence-corrected chi connectivity index (χ1v) is 24.0. The number of amides is 1. The van der Waals surface area contributed by atoms with Crippen molar-refractivity contribution in [3.05, 3.63) is 0 Å². The van der Waals surface area contributed by atoms with Gasteiger partial charge in [-0.3, -0.25) is 9.32 Å². The zero-order valence-corrected chi connectivity index (χ0v) is 34.9. The van der Waals surface area contributed by atoms with Crippen molar-refractivity contribution >= 4 is 13.7 Å². The molecule has 0 aliphatic rings. The molecule has 0 fully saturated rings. The van der Waals surface area contributed by atoms with Gasteiger partial charge in [-0.25, -0.2) is 4.57 Å². The Hall–Kier alpha value is -0.460. The molecular formula is C43H88NO6P. The second-order valence-electron chi connectivity index (χ2n) is 15.7. The highest BCUT2D eigenvalue weighted by Crippen LogP contribution is 2.36. The molecule has 8 heteroatoms. The van der Waals surface area contributed by atoms with Crippen molar-refractivity contribution < 1.29 is 28.8 Å². The number of nitrogens with one attached hydrogen (secondary N) is 1. The summed E-state index contributed by atoms with van der Waals surface area (Å²) in [5, 5.41) is 13.6. The second kappa shape index (κ2) is 39.2. The summed E-state index contributed by atoms with van der Waals surface area (Å²) in [6.07, 6.45) is 45.2. The molecule has 7 nitrogen and oxygen atoms in total. The Morgan fingerprint density at radius 2 is 0.765 bits per heavy atom. The largest absolute Gasteiger partial charge is 0.469 e. The van der Waals surface area contributed by atoms with Gasteiger partial charge in [0.1, 0.15) is 0 Å². The van der Waals surface area contributed by atoms with Crippen molar-refractivity contribution in [3.8, 4) is 0 Å². The number of hydrogen-bond donors (Lipinski definition) is 4.